The first-order valence-corrected chi connectivity index (χ1v) is 6.76. The van der Waals surface area contributed by atoms with Crippen LogP contribution in [0.15, 0.2) is 17.2 Å². The zero-order chi connectivity index (χ0) is 13.0. The van der Waals surface area contributed by atoms with Crippen molar-refractivity contribution in [2.24, 2.45) is 5.92 Å². The lowest BCUT2D eigenvalue weighted by atomic mass is 10.1. The summed E-state index contributed by atoms with van der Waals surface area (Å²) in [6.07, 6.45) is 4.61. The Hall–Kier alpha value is -1.36. The van der Waals surface area contributed by atoms with Gasteiger partial charge in [0, 0.05) is 32.0 Å². The third-order valence-electron chi connectivity index (χ3n) is 3.63. The number of hydrogen-bond acceptors (Lipinski definition) is 4. The fourth-order valence-corrected chi connectivity index (χ4v) is 2.43. The molecule has 1 unspecified atom stereocenters. The van der Waals surface area contributed by atoms with E-state index in [1.165, 1.54) is 13.0 Å². The van der Waals surface area contributed by atoms with Gasteiger partial charge in [0.05, 0.1) is 0 Å². The first kappa shape index (κ1) is 13.1. The molecule has 1 aliphatic rings. The Bertz CT molecular complexity index is 443. The van der Waals surface area contributed by atoms with Gasteiger partial charge in [-0.2, -0.15) is 0 Å². The van der Waals surface area contributed by atoms with Gasteiger partial charge in [-0.15, -0.1) is 0 Å². The molecule has 100 valence electrons. The molecule has 1 aliphatic heterocycles. The van der Waals surface area contributed by atoms with Crippen molar-refractivity contribution in [3.8, 4) is 0 Å². The minimum atomic E-state index is -0.0228. The highest BCUT2D eigenvalue weighted by atomic mass is 16.1. The van der Waals surface area contributed by atoms with Crippen LogP contribution in [-0.2, 0) is 6.54 Å². The van der Waals surface area contributed by atoms with E-state index in [0.717, 1.165) is 19.6 Å². The predicted octanol–water partition coefficient (Wildman–Crippen LogP) is 1.02. The minimum absolute atomic E-state index is 0.0228. The van der Waals surface area contributed by atoms with Gasteiger partial charge in [-0.25, -0.2) is 4.98 Å². The van der Waals surface area contributed by atoms with Crippen LogP contribution in [0.2, 0.25) is 0 Å². The average Bonchev–Trinajstić information content (AvgIpc) is 2.85. The van der Waals surface area contributed by atoms with Gasteiger partial charge in [0.15, 0.2) is 5.82 Å². The second kappa shape index (κ2) is 6.00. The fourth-order valence-electron chi connectivity index (χ4n) is 2.43. The van der Waals surface area contributed by atoms with E-state index < -0.39 is 0 Å². The molecule has 18 heavy (non-hydrogen) atoms. The summed E-state index contributed by atoms with van der Waals surface area (Å²) in [5.41, 5.74) is -0.0228. The maximum absolute atomic E-state index is 12.0. The van der Waals surface area contributed by atoms with Gasteiger partial charge in [0.1, 0.15) is 0 Å². The second-order valence-electron chi connectivity index (χ2n) is 4.80. The Morgan fingerprint density at radius 3 is 2.94 bits per heavy atom. The van der Waals surface area contributed by atoms with Crippen molar-refractivity contribution in [2.75, 3.05) is 31.5 Å². The Labute approximate surface area is 108 Å². The van der Waals surface area contributed by atoms with Gasteiger partial charge < -0.3 is 14.8 Å². The van der Waals surface area contributed by atoms with Crippen molar-refractivity contribution in [3.05, 3.63) is 22.7 Å². The highest BCUT2D eigenvalue weighted by Gasteiger charge is 2.21. The van der Waals surface area contributed by atoms with Crippen LogP contribution >= 0.6 is 0 Å². The summed E-state index contributed by atoms with van der Waals surface area (Å²) in [5, 5.41) is 3.20. The van der Waals surface area contributed by atoms with Crippen LogP contribution in [0.25, 0.3) is 0 Å². The first-order chi connectivity index (χ1) is 8.74. The van der Waals surface area contributed by atoms with Crippen LogP contribution < -0.4 is 10.9 Å². The van der Waals surface area contributed by atoms with Crippen LogP contribution in [0.5, 0.6) is 0 Å². The van der Waals surface area contributed by atoms with E-state index in [-0.39, 0.29) is 5.56 Å². The largest absolute Gasteiger partial charge is 0.365 e. The molecule has 0 spiro atoms. The highest BCUT2D eigenvalue weighted by molar-refractivity contribution is 5.30. The quantitative estimate of drug-likeness (QED) is 0.847. The lowest BCUT2D eigenvalue weighted by molar-refractivity contribution is 0.345. The zero-order valence-corrected chi connectivity index (χ0v) is 11.2. The number of nitrogens with one attached hydrogen (secondary N) is 1. The van der Waals surface area contributed by atoms with Crippen molar-refractivity contribution in [3.63, 3.8) is 0 Å². The zero-order valence-electron chi connectivity index (χ0n) is 11.2. The molecular formula is C13H22N4O. The summed E-state index contributed by atoms with van der Waals surface area (Å²) in [6, 6.07) is 0. The second-order valence-corrected chi connectivity index (χ2v) is 4.80. The number of nitrogens with zero attached hydrogens (tertiary/aromatic N) is 3. The molecule has 0 saturated carbocycles. The molecule has 1 N–H and O–H groups in total. The molecule has 0 amide bonds. The van der Waals surface area contributed by atoms with E-state index in [1.54, 1.807) is 17.0 Å². The standard InChI is InChI=1S/C13H22N4O/c1-3-16-7-5-11(10-16)9-15-12-13(18)17(4-2)8-6-14-12/h6,8,11H,3-5,7,9-10H2,1-2H3,(H,14,15). The van der Waals surface area contributed by atoms with Crippen molar-refractivity contribution >= 4 is 5.82 Å². The third kappa shape index (κ3) is 2.90. The fraction of sp³-hybridized carbons (Fsp3) is 0.692. The molecule has 2 rings (SSSR count). The van der Waals surface area contributed by atoms with E-state index in [2.05, 4.69) is 22.1 Å². The molecule has 1 aromatic heterocycles. The van der Waals surface area contributed by atoms with E-state index in [0.29, 0.717) is 18.3 Å². The average molecular weight is 250 g/mol. The number of rotatable bonds is 5. The van der Waals surface area contributed by atoms with Crippen molar-refractivity contribution in [1.29, 1.82) is 0 Å². The maximum atomic E-state index is 12.0. The summed E-state index contributed by atoms with van der Waals surface area (Å²) in [5.74, 6) is 1.11. The monoisotopic (exact) mass is 250 g/mol. The number of anilines is 1. The molecule has 0 radical (unpaired) electrons. The molecule has 5 heteroatoms. The van der Waals surface area contributed by atoms with E-state index in [9.17, 15) is 4.79 Å². The summed E-state index contributed by atoms with van der Waals surface area (Å²) >= 11 is 0. The van der Waals surface area contributed by atoms with Gasteiger partial charge in [-0.05, 0) is 32.4 Å². The normalized spacial score (nSPS) is 20.2. The van der Waals surface area contributed by atoms with Gasteiger partial charge in [-0.1, -0.05) is 6.92 Å². The summed E-state index contributed by atoms with van der Waals surface area (Å²) in [4.78, 5) is 18.5. The van der Waals surface area contributed by atoms with Crippen LogP contribution in [-0.4, -0.2) is 40.6 Å². The number of aromatic nitrogens is 2. The van der Waals surface area contributed by atoms with Crippen molar-refractivity contribution in [2.45, 2.75) is 26.8 Å². The van der Waals surface area contributed by atoms with Gasteiger partial charge in [-0.3, -0.25) is 4.79 Å². The number of hydrogen-bond donors (Lipinski definition) is 1. The number of likely N-dealkylation sites (tertiary alicyclic amines) is 1. The summed E-state index contributed by atoms with van der Waals surface area (Å²) in [6.45, 7) is 9.08. The van der Waals surface area contributed by atoms with E-state index >= 15 is 0 Å². The molecule has 1 aromatic rings. The molecule has 0 bridgehead atoms. The molecule has 1 atom stereocenters. The molecule has 5 nitrogen and oxygen atoms in total. The minimum Gasteiger partial charge on any atom is -0.365 e. The lowest BCUT2D eigenvalue weighted by Gasteiger charge is -2.14. The number of aryl methyl sites for hydroxylation is 1. The van der Waals surface area contributed by atoms with Crippen molar-refractivity contribution < 1.29 is 0 Å². The molecule has 1 saturated heterocycles. The van der Waals surface area contributed by atoms with Gasteiger partial charge in [0.25, 0.3) is 5.56 Å². The highest BCUT2D eigenvalue weighted by Crippen LogP contribution is 2.15. The predicted molar refractivity (Wildman–Crippen MR) is 72.9 cm³/mol. The third-order valence-corrected chi connectivity index (χ3v) is 3.63. The molecule has 0 aromatic carbocycles. The topological polar surface area (TPSA) is 50.2 Å². The van der Waals surface area contributed by atoms with Gasteiger partial charge >= 0.3 is 0 Å². The SMILES string of the molecule is CCN1CCC(CNc2nccn(CC)c2=O)C1. The van der Waals surface area contributed by atoms with Crippen LogP contribution in [0, 0.1) is 5.92 Å². The Morgan fingerprint density at radius 1 is 1.44 bits per heavy atom. The molecule has 1 fully saturated rings. The van der Waals surface area contributed by atoms with E-state index in [4.69, 9.17) is 0 Å². The molecular weight excluding hydrogens is 228 g/mol. The Balaban J connectivity index is 1.93. The Morgan fingerprint density at radius 2 is 2.28 bits per heavy atom. The maximum Gasteiger partial charge on any atom is 0.293 e. The van der Waals surface area contributed by atoms with Crippen LogP contribution in [0.4, 0.5) is 5.82 Å². The van der Waals surface area contributed by atoms with Gasteiger partial charge in [0.2, 0.25) is 0 Å². The summed E-state index contributed by atoms with van der Waals surface area (Å²) in [7, 11) is 0. The van der Waals surface area contributed by atoms with E-state index in [1.807, 2.05) is 6.92 Å². The van der Waals surface area contributed by atoms with Crippen LogP contribution in [0.1, 0.15) is 20.3 Å². The first-order valence-electron chi connectivity index (χ1n) is 6.76. The Kier molecular flexibility index (Phi) is 4.36. The van der Waals surface area contributed by atoms with Crippen LogP contribution in [0.3, 0.4) is 0 Å². The smallest absolute Gasteiger partial charge is 0.293 e. The lowest BCUT2D eigenvalue weighted by Crippen LogP contribution is -2.27. The molecule has 0 aliphatic carbocycles. The molecule has 2 heterocycles. The summed E-state index contributed by atoms with van der Waals surface area (Å²) < 4.78 is 1.67. The van der Waals surface area contributed by atoms with Crippen molar-refractivity contribution in [1.82, 2.24) is 14.5 Å².